The molecule has 0 aliphatic carbocycles. The van der Waals surface area contributed by atoms with Crippen LogP contribution in [0.3, 0.4) is 0 Å². The second-order valence-corrected chi connectivity index (χ2v) is 6.40. The minimum atomic E-state index is -0.991. The quantitative estimate of drug-likeness (QED) is 0.854. The molecule has 1 atom stereocenters. The second-order valence-electron chi connectivity index (χ2n) is 6.40. The maximum Gasteiger partial charge on any atom is 0.270 e. The van der Waals surface area contributed by atoms with Crippen LogP contribution in [0, 0.1) is 18.8 Å². The van der Waals surface area contributed by atoms with Crippen LogP contribution in [0.4, 0.5) is 0 Å². The van der Waals surface area contributed by atoms with Gasteiger partial charge in [0.1, 0.15) is 5.69 Å². The Balaban J connectivity index is 2.07. The molecular weight excluding hydrogens is 300 g/mol. The second kappa shape index (κ2) is 7.29. The summed E-state index contributed by atoms with van der Waals surface area (Å²) in [6, 6.07) is 11.0. The average Bonchev–Trinajstić information content (AvgIpc) is 2.52. The highest BCUT2D eigenvalue weighted by Gasteiger charge is 2.24. The van der Waals surface area contributed by atoms with Crippen LogP contribution in [0.1, 0.15) is 48.0 Å². The number of nitrogens with zero attached hydrogens (tertiary/aromatic N) is 1. The van der Waals surface area contributed by atoms with Crippen LogP contribution in [0.25, 0.3) is 0 Å². The molecule has 1 aromatic heterocycles. The lowest BCUT2D eigenvalue weighted by atomic mass is 10.0. The lowest BCUT2D eigenvalue weighted by Crippen LogP contribution is -2.47. The summed E-state index contributed by atoms with van der Waals surface area (Å²) in [6.45, 7) is 7.07. The van der Waals surface area contributed by atoms with Gasteiger partial charge in [-0.1, -0.05) is 24.0 Å². The topological polar surface area (TPSA) is 62.2 Å². The number of carbonyl (C=O) groups excluding carboxylic acids is 1. The van der Waals surface area contributed by atoms with E-state index in [1.165, 1.54) is 0 Å². The van der Waals surface area contributed by atoms with E-state index in [-0.39, 0.29) is 11.9 Å². The van der Waals surface area contributed by atoms with Gasteiger partial charge in [0.15, 0.2) is 0 Å². The first kappa shape index (κ1) is 17.7. The van der Waals surface area contributed by atoms with E-state index in [2.05, 4.69) is 22.1 Å². The van der Waals surface area contributed by atoms with Crippen LogP contribution in [-0.4, -0.2) is 27.6 Å². The van der Waals surface area contributed by atoms with E-state index in [0.717, 1.165) is 16.7 Å². The van der Waals surface area contributed by atoms with Crippen LogP contribution in [-0.2, 0) is 0 Å². The van der Waals surface area contributed by atoms with Crippen LogP contribution in [0.15, 0.2) is 42.6 Å². The number of hydrogen-bond donors (Lipinski definition) is 2. The van der Waals surface area contributed by atoms with Crippen molar-refractivity contribution in [3.05, 3.63) is 65.0 Å². The van der Waals surface area contributed by atoms with Crippen molar-refractivity contribution in [1.29, 1.82) is 0 Å². The molecule has 24 heavy (non-hydrogen) atoms. The van der Waals surface area contributed by atoms with Crippen molar-refractivity contribution in [2.45, 2.75) is 39.3 Å². The third kappa shape index (κ3) is 4.94. The molecule has 124 valence electrons. The molecule has 1 amide bonds. The molecule has 0 saturated heterocycles. The average molecular weight is 322 g/mol. The third-order valence-corrected chi connectivity index (χ3v) is 3.77. The molecule has 0 bridgehead atoms. The Kier molecular flexibility index (Phi) is 5.38. The summed E-state index contributed by atoms with van der Waals surface area (Å²) < 4.78 is 0. The smallest absolute Gasteiger partial charge is 0.270 e. The van der Waals surface area contributed by atoms with Gasteiger partial charge in [0.05, 0.1) is 11.6 Å². The van der Waals surface area contributed by atoms with E-state index in [4.69, 9.17) is 0 Å². The van der Waals surface area contributed by atoms with Crippen molar-refractivity contribution in [1.82, 2.24) is 10.3 Å². The van der Waals surface area contributed by atoms with E-state index in [1.807, 2.05) is 31.2 Å². The summed E-state index contributed by atoms with van der Waals surface area (Å²) in [4.78, 5) is 16.3. The highest BCUT2D eigenvalue weighted by molar-refractivity contribution is 5.92. The van der Waals surface area contributed by atoms with Crippen molar-refractivity contribution >= 4 is 5.91 Å². The van der Waals surface area contributed by atoms with Crippen molar-refractivity contribution in [2.24, 2.45) is 0 Å². The standard InChI is InChI=1S/C20H22N2O2/c1-14-6-5-7-16(12-14)8-9-17-10-11-18(21-13-17)19(23)22-15(2)20(3,4)24/h5-7,10-13,15,24H,1-4H3,(H,22,23)/t15-/m1/s1. The zero-order valence-corrected chi connectivity index (χ0v) is 14.4. The summed E-state index contributed by atoms with van der Waals surface area (Å²) in [5.41, 5.74) is 2.15. The van der Waals surface area contributed by atoms with Crippen LogP contribution in [0.5, 0.6) is 0 Å². The van der Waals surface area contributed by atoms with E-state index in [9.17, 15) is 9.90 Å². The van der Waals surface area contributed by atoms with Gasteiger partial charge in [-0.2, -0.15) is 0 Å². The molecule has 0 spiro atoms. The Morgan fingerprint density at radius 3 is 2.50 bits per heavy atom. The minimum absolute atomic E-state index is 0.298. The van der Waals surface area contributed by atoms with Crippen molar-refractivity contribution in [2.75, 3.05) is 0 Å². The lowest BCUT2D eigenvalue weighted by Gasteiger charge is -2.26. The molecule has 0 fully saturated rings. The number of hydrogen-bond acceptors (Lipinski definition) is 3. The summed E-state index contributed by atoms with van der Waals surface area (Å²) in [7, 11) is 0. The summed E-state index contributed by atoms with van der Waals surface area (Å²) in [6.07, 6.45) is 1.58. The number of aryl methyl sites for hydroxylation is 1. The molecule has 0 radical (unpaired) electrons. The molecule has 2 N–H and O–H groups in total. The number of pyridine rings is 1. The largest absolute Gasteiger partial charge is 0.388 e. The lowest BCUT2D eigenvalue weighted by molar-refractivity contribution is 0.0407. The first-order valence-electron chi connectivity index (χ1n) is 7.83. The van der Waals surface area contributed by atoms with Crippen LogP contribution >= 0.6 is 0 Å². The SMILES string of the molecule is Cc1cccc(C#Cc2ccc(C(=O)N[C@H](C)C(C)(C)O)nc2)c1. The minimum Gasteiger partial charge on any atom is -0.388 e. The Morgan fingerprint density at radius 2 is 1.92 bits per heavy atom. The number of nitrogens with one attached hydrogen (secondary N) is 1. The normalized spacial score (nSPS) is 12.0. The predicted octanol–water partition coefficient (Wildman–Crippen LogP) is 2.68. The Labute approximate surface area is 142 Å². The maximum atomic E-state index is 12.1. The van der Waals surface area contributed by atoms with Gasteiger partial charge in [0.25, 0.3) is 5.91 Å². The molecule has 0 aliphatic rings. The van der Waals surface area contributed by atoms with E-state index in [1.54, 1.807) is 39.1 Å². The molecule has 1 aromatic carbocycles. The molecule has 0 aliphatic heterocycles. The van der Waals surface area contributed by atoms with Crippen molar-refractivity contribution < 1.29 is 9.90 Å². The van der Waals surface area contributed by atoms with E-state index in [0.29, 0.717) is 5.69 Å². The van der Waals surface area contributed by atoms with Gasteiger partial charge < -0.3 is 10.4 Å². The van der Waals surface area contributed by atoms with Gasteiger partial charge in [-0.05, 0) is 57.5 Å². The van der Waals surface area contributed by atoms with E-state index >= 15 is 0 Å². The van der Waals surface area contributed by atoms with Gasteiger partial charge in [-0.15, -0.1) is 0 Å². The highest BCUT2D eigenvalue weighted by Crippen LogP contribution is 2.09. The monoisotopic (exact) mass is 322 g/mol. The highest BCUT2D eigenvalue weighted by atomic mass is 16.3. The maximum absolute atomic E-state index is 12.1. The molecule has 1 heterocycles. The Hall–Kier alpha value is -2.64. The fourth-order valence-electron chi connectivity index (χ4n) is 1.92. The van der Waals surface area contributed by atoms with Gasteiger partial charge in [0.2, 0.25) is 0 Å². The van der Waals surface area contributed by atoms with Gasteiger partial charge >= 0.3 is 0 Å². The Bertz CT molecular complexity index is 778. The van der Waals surface area contributed by atoms with Crippen molar-refractivity contribution in [3.8, 4) is 11.8 Å². The number of rotatable bonds is 3. The summed E-state index contributed by atoms with van der Waals surface area (Å²) in [5.74, 6) is 5.80. The number of aromatic nitrogens is 1. The molecule has 0 unspecified atom stereocenters. The molecule has 2 rings (SSSR count). The molecule has 2 aromatic rings. The van der Waals surface area contributed by atoms with Crippen LogP contribution < -0.4 is 5.32 Å². The first-order valence-corrected chi connectivity index (χ1v) is 7.83. The number of benzene rings is 1. The number of aliphatic hydroxyl groups is 1. The van der Waals surface area contributed by atoms with Crippen LogP contribution in [0.2, 0.25) is 0 Å². The number of amides is 1. The molecule has 4 nitrogen and oxygen atoms in total. The van der Waals surface area contributed by atoms with Gasteiger partial charge in [-0.3, -0.25) is 4.79 Å². The van der Waals surface area contributed by atoms with E-state index < -0.39 is 5.60 Å². The molecule has 4 heteroatoms. The Morgan fingerprint density at radius 1 is 1.21 bits per heavy atom. The summed E-state index contributed by atoms with van der Waals surface area (Å²) in [5, 5.41) is 12.6. The number of carbonyl (C=O) groups is 1. The predicted molar refractivity (Wildman–Crippen MR) is 94.6 cm³/mol. The fraction of sp³-hybridized carbons (Fsp3) is 0.300. The third-order valence-electron chi connectivity index (χ3n) is 3.77. The first-order chi connectivity index (χ1) is 11.3. The van der Waals surface area contributed by atoms with Gasteiger partial charge in [0, 0.05) is 17.3 Å². The zero-order valence-electron chi connectivity index (χ0n) is 14.4. The van der Waals surface area contributed by atoms with Crippen molar-refractivity contribution in [3.63, 3.8) is 0 Å². The zero-order chi connectivity index (χ0) is 17.7. The fourth-order valence-corrected chi connectivity index (χ4v) is 1.92. The van der Waals surface area contributed by atoms with Gasteiger partial charge in [-0.25, -0.2) is 4.98 Å². The molecular formula is C20H22N2O2. The summed E-state index contributed by atoms with van der Waals surface area (Å²) >= 11 is 0. The molecule has 0 saturated carbocycles.